The molecule has 1 heterocycles. The first-order chi connectivity index (χ1) is 14.3. The van der Waals surface area contributed by atoms with Crippen molar-refractivity contribution in [2.45, 2.75) is 32.6 Å². The number of fused-ring (bicyclic) bond motifs is 1. The summed E-state index contributed by atoms with van der Waals surface area (Å²) in [6, 6.07) is 19.9. The monoisotopic (exact) mass is 403 g/mol. The van der Waals surface area contributed by atoms with Crippen molar-refractivity contribution in [2.24, 2.45) is 0 Å². The van der Waals surface area contributed by atoms with E-state index in [-0.39, 0.29) is 5.41 Å². The lowest BCUT2D eigenvalue weighted by Crippen LogP contribution is -2.10. The second kappa shape index (κ2) is 7.82. The van der Waals surface area contributed by atoms with Crippen LogP contribution in [0, 0.1) is 11.6 Å². The highest BCUT2D eigenvalue weighted by Gasteiger charge is 2.14. The van der Waals surface area contributed by atoms with Crippen LogP contribution >= 0.6 is 0 Å². The zero-order valence-corrected chi connectivity index (χ0v) is 17.2. The van der Waals surface area contributed by atoms with Crippen LogP contribution < -0.4 is 5.32 Å². The second-order valence-corrected chi connectivity index (χ2v) is 8.38. The summed E-state index contributed by atoms with van der Waals surface area (Å²) in [6.07, 6.45) is 0.305. The first-order valence-electron chi connectivity index (χ1n) is 9.87. The number of aromatic nitrogens is 2. The Bertz CT molecular complexity index is 1200. The molecular weight excluding hydrogens is 380 g/mol. The van der Waals surface area contributed by atoms with E-state index in [4.69, 9.17) is 0 Å². The van der Waals surface area contributed by atoms with Crippen LogP contribution in [0.25, 0.3) is 10.9 Å². The fraction of sp³-hybridized carbons (Fsp3) is 0.200. The van der Waals surface area contributed by atoms with Crippen LogP contribution in [-0.4, -0.2) is 9.97 Å². The molecule has 3 nitrogen and oxygen atoms in total. The highest BCUT2D eigenvalue weighted by atomic mass is 19.2. The first-order valence-corrected chi connectivity index (χ1v) is 9.87. The molecule has 0 saturated heterocycles. The number of anilines is 2. The number of nitrogens with one attached hydrogen (secondary N) is 1. The van der Waals surface area contributed by atoms with Gasteiger partial charge in [0.15, 0.2) is 11.6 Å². The van der Waals surface area contributed by atoms with Crippen LogP contribution in [0.2, 0.25) is 0 Å². The third-order valence-electron chi connectivity index (χ3n) is 5.01. The minimum absolute atomic E-state index is 0.0811. The predicted molar refractivity (Wildman–Crippen MR) is 117 cm³/mol. The summed E-state index contributed by atoms with van der Waals surface area (Å²) < 4.78 is 26.8. The third-order valence-corrected chi connectivity index (χ3v) is 5.01. The van der Waals surface area contributed by atoms with Gasteiger partial charge in [0.1, 0.15) is 11.6 Å². The number of halogens is 2. The minimum atomic E-state index is -0.870. The van der Waals surface area contributed by atoms with Crippen LogP contribution in [0.3, 0.4) is 0 Å². The lowest BCUT2D eigenvalue weighted by Gasteiger charge is -2.19. The molecule has 0 spiro atoms. The zero-order valence-electron chi connectivity index (χ0n) is 17.2. The predicted octanol–water partition coefficient (Wildman–Crippen LogP) is 6.54. The molecule has 0 aliphatic heterocycles. The van der Waals surface area contributed by atoms with E-state index in [0.29, 0.717) is 23.6 Å². The average Bonchev–Trinajstić information content (AvgIpc) is 2.70. The Morgan fingerprint density at radius 2 is 1.57 bits per heavy atom. The van der Waals surface area contributed by atoms with Gasteiger partial charge in [-0.25, -0.2) is 18.7 Å². The van der Waals surface area contributed by atoms with Crippen molar-refractivity contribution < 1.29 is 8.78 Å². The van der Waals surface area contributed by atoms with Gasteiger partial charge in [0.2, 0.25) is 0 Å². The van der Waals surface area contributed by atoms with Crippen molar-refractivity contribution in [1.82, 2.24) is 9.97 Å². The van der Waals surface area contributed by atoms with E-state index < -0.39 is 11.6 Å². The molecule has 30 heavy (non-hydrogen) atoms. The molecule has 0 atom stereocenters. The minimum Gasteiger partial charge on any atom is -0.340 e. The molecule has 3 aromatic carbocycles. The standard InChI is InChI=1S/C25H23F2N3/c1-25(2,3)17-9-11-18(12-10-17)28-24-19-6-4-5-7-22(19)29-23(30-24)15-16-8-13-20(26)21(27)14-16/h4-14H,15H2,1-3H3,(H,28,29,30). The number of rotatable bonds is 4. The van der Waals surface area contributed by atoms with Gasteiger partial charge in [0, 0.05) is 17.5 Å². The van der Waals surface area contributed by atoms with Gasteiger partial charge in [-0.05, 0) is 52.9 Å². The lowest BCUT2D eigenvalue weighted by atomic mass is 9.87. The molecule has 0 bridgehead atoms. The van der Waals surface area contributed by atoms with Crippen molar-refractivity contribution in [1.29, 1.82) is 0 Å². The van der Waals surface area contributed by atoms with Gasteiger partial charge in [0.25, 0.3) is 0 Å². The quantitative estimate of drug-likeness (QED) is 0.420. The van der Waals surface area contributed by atoms with E-state index in [1.54, 1.807) is 6.07 Å². The summed E-state index contributed by atoms with van der Waals surface area (Å²) in [6.45, 7) is 6.54. The van der Waals surface area contributed by atoms with Crippen LogP contribution in [0.4, 0.5) is 20.3 Å². The molecule has 4 aromatic rings. The van der Waals surface area contributed by atoms with Crippen molar-refractivity contribution in [2.75, 3.05) is 5.32 Å². The first kappa shape index (κ1) is 20.0. The summed E-state index contributed by atoms with van der Waals surface area (Å²) in [5.41, 5.74) is 3.66. The van der Waals surface area contributed by atoms with Gasteiger partial charge < -0.3 is 5.32 Å². The molecule has 1 N–H and O–H groups in total. The van der Waals surface area contributed by atoms with Crippen LogP contribution in [0.15, 0.2) is 66.7 Å². The van der Waals surface area contributed by atoms with E-state index in [1.165, 1.54) is 11.6 Å². The third kappa shape index (κ3) is 4.30. The Hall–Kier alpha value is -3.34. The summed E-state index contributed by atoms with van der Waals surface area (Å²) >= 11 is 0. The summed E-state index contributed by atoms with van der Waals surface area (Å²) in [5, 5.41) is 4.28. The molecule has 0 aliphatic carbocycles. The van der Waals surface area contributed by atoms with Gasteiger partial charge >= 0.3 is 0 Å². The maximum absolute atomic E-state index is 13.6. The fourth-order valence-corrected chi connectivity index (χ4v) is 3.32. The molecule has 0 saturated carbocycles. The summed E-state index contributed by atoms with van der Waals surface area (Å²) in [7, 11) is 0. The van der Waals surface area contributed by atoms with E-state index in [2.05, 4.69) is 48.2 Å². The molecule has 152 valence electrons. The van der Waals surface area contributed by atoms with Crippen molar-refractivity contribution >= 4 is 22.4 Å². The summed E-state index contributed by atoms with van der Waals surface area (Å²) in [5.74, 6) is -0.514. The molecule has 0 amide bonds. The average molecular weight is 403 g/mol. The lowest BCUT2D eigenvalue weighted by molar-refractivity contribution is 0.507. The number of nitrogens with zero attached hydrogens (tertiary/aromatic N) is 2. The second-order valence-electron chi connectivity index (χ2n) is 8.38. The number of para-hydroxylation sites is 1. The highest BCUT2D eigenvalue weighted by molar-refractivity contribution is 5.90. The van der Waals surface area contributed by atoms with Gasteiger partial charge in [-0.3, -0.25) is 0 Å². The Kier molecular flexibility index (Phi) is 5.20. The largest absolute Gasteiger partial charge is 0.340 e. The van der Waals surface area contributed by atoms with Crippen molar-refractivity contribution in [3.63, 3.8) is 0 Å². The van der Waals surface area contributed by atoms with E-state index in [0.717, 1.165) is 22.7 Å². The van der Waals surface area contributed by atoms with E-state index in [1.807, 2.05) is 36.4 Å². The van der Waals surface area contributed by atoms with Crippen LogP contribution in [0.5, 0.6) is 0 Å². The molecular formula is C25H23F2N3. The molecule has 0 radical (unpaired) electrons. The number of benzene rings is 3. The molecule has 0 aliphatic rings. The van der Waals surface area contributed by atoms with E-state index in [9.17, 15) is 8.78 Å². The van der Waals surface area contributed by atoms with Gasteiger partial charge in [-0.2, -0.15) is 0 Å². The van der Waals surface area contributed by atoms with Crippen molar-refractivity contribution in [3.05, 3.63) is 95.3 Å². The number of hydrogen-bond acceptors (Lipinski definition) is 3. The molecule has 0 fully saturated rings. The Morgan fingerprint density at radius 3 is 2.27 bits per heavy atom. The molecule has 4 rings (SSSR count). The van der Waals surface area contributed by atoms with Gasteiger partial charge in [-0.1, -0.05) is 51.1 Å². The topological polar surface area (TPSA) is 37.8 Å². The molecule has 0 unspecified atom stereocenters. The van der Waals surface area contributed by atoms with Crippen LogP contribution in [0.1, 0.15) is 37.7 Å². The maximum atomic E-state index is 13.6. The van der Waals surface area contributed by atoms with E-state index >= 15 is 0 Å². The SMILES string of the molecule is CC(C)(C)c1ccc(Nc2nc(Cc3ccc(F)c(F)c3)nc3ccccc23)cc1. The number of hydrogen-bond donors (Lipinski definition) is 1. The van der Waals surface area contributed by atoms with Gasteiger partial charge in [-0.15, -0.1) is 0 Å². The Labute approximate surface area is 174 Å². The Morgan fingerprint density at radius 1 is 0.833 bits per heavy atom. The Balaban J connectivity index is 1.69. The van der Waals surface area contributed by atoms with Crippen LogP contribution in [-0.2, 0) is 11.8 Å². The fourth-order valence-electron chi connectivity index (χ4n) is 3.32. The van der Waals surface area contributed by atoms with Gasteiger partial charge in [0.05, 0.1) is 5.52 Å². The summed E-state index contributed by atoms with van der Waals surface area (Å²) in [4.78, 5) is 9.28. The highest BCUT2D eigenvalue weighted by Crippen LogP contribution is 2.27. The normalized spacial score (nSPS) is 11.6. The molecule has 5 heteroatoms. The smallest absolute Gasteiger partial charge is 0.159 e. The van der Waals surface area contributed by atoms with Crippen molar-refractivity contribution in [3.8, 4) is 0 Å². The zero-order chi connectivity index (χ0) is 21.3. The molecule has 1 aromatic heterocycles. The maximum Gasteiger partial charge on any atom is 0.159 e.